The highest BCUT2D eigenvalue weighted by Crippen LogP contribution is 2.30. The van der Waals surface area contributed by atoms with E-state index in [9.17, 15) is 9.59 Å². The number of hydrogen-bond donors (Lipinski definition) is 1. The molecule has 0 aliphatic carbocycles. The fourth-order valence-electron chi connectivity index (χ4n) is 2.55. The zero-order valence-electron chi connectivity index (χ0n) is 11.4. The predicted molar refractivity (Wildman–Crippen MR) is 82.6 cm³/mol. The topological polar surface area (TPSA) is 63.4 Å². The van der Waals surface area contributed by atoms with Gasteiger partial charge in [0.15, 0.2) is 0 Å². The third-order valence-electron chi connectivity index (χ3n) is 3.56. The average Bonchev–Trinajstić information content (AvgIpc) is 2.42. The number of carbonyl (C=O) groups is 2. The summed E-state index contributed by atoms with van der Waals surface area (Å²) in [4.78, 5) is 26.2. The van der Waals surface area contributed by atoms with Crippen molar-refractivity contribution in [3.05, 3.63) is 58.1 Å². The number of imide groups is 1. The average molecular weight is 301 g/mol. The number of anilines is 2. The van der Waals surface area contributed by atoms with Crippen LogP contribution >= 0.6 is 11.6 Å². The Morgan fingerprint density at radius 3 is 2.62 bits per heavy atom. The molecule has 0 radical (unpaired) electrons. The SMILES string of the molecule is Cc1cc(N)ccc1N1C(=O)Cc2ccc(Cl)cc2C1=O. The van der Waals surface area contributed by atoms with Gasteiger partial charge in [0.1, 0.15) is 0 Å². The molecule has 0 atom stereocenters. The van der Waals surface area contributed by atoms with E-state index in [1.165, 1.54) is 4.90 Å². The van der Waals surface area contributed by atoms with E-state index in [-0.39, 0.29) is 18.2 Å². The first kappa shape index (κ1) is 13.6. The summed E-state index contributed by atoms with van der Waals surface area (Å²) in [5.41, 5.74) is 8.83. The van der Waals surface area contributed by atoms with Crippen LogP contribution in [0.4, 0.5) is 11.4 Å². The second-order valence-electron chi connectivity index (χ2n) is 5.06. The molecule has 1 aliphatic rings. The molecule has 1 heterocycles. The molecule has 3 rings (SSSR count). The number of benzene rings is 2. The van der Waals surface area contributed by atoms with E-state index in [1.54, 1.807) is 36.4 Å². The van der Waals surface area contributed by atoms with Crippen molar-refractivity contribution in [1.29, 1.82) is 0 Å². The summed E-state index contributed by atoms with van der Waals surface area (Å²) in [5.74, 6) is -0.598. The molecule has 0 fully saturated rings. The number of nitrogens with two attached hydrogens (primary N) is 1. The van der Waals surface area contributed by atoms with Crippen molar-refractivity contribution < 1.29 is 9.59 Å². The van der Waals surface area contributed by atoms with Gasteiger partial charge >= 0.3 is 0 Å². The standard InChI is InChI=1S/C16H13ClN2O2/c1-9-6-12(18)4-5-14(9)19-15(20)7-10-2-3-11(17)8-13(10)16(19)21/h2-6,8H,7,18H2,1H3. The molecule has 0 saturated heterocycles. The number of halogens is 1. The number of amides is 2. The van der Waals surface area contributed by atoms with Crippen LogP contribution in [0.25, 0.3) is 0 Å². The quantitative estimate of drug-likeness (QED) is 0.650. The number of hydrogen-bond acceptors (Lipinski definition) is 3. The van der Waals surface area contributed by atoms with Crippen molar-refractivity contribution >= 4 is 34.8 Å². The molecule has 2 N–H and O–H groups in total. The first-order valence-corrected chi connectivity index (χ1v) is 6.87. The third kappa shape index (κ3) is 2.28. The summed E-state index contributed by atoms with van der Waals surface area (Å²) in [6.07, 6.45) is 0.183. The Kier molecular flexibility index (Phi) is 3.18. The van der Waals surface area contributed by atoms with Gasteiger partial charge in [0.2, 0.25) is 5.91 Å². The number of carbonyl (C=O) groups excluding carboxylic acids is 2. The zero-order valence-corrected chi connectivity index (χ0v) is 12.1. The molecule has 2 aromatic rings. The van der Waals surface area contributed by atoms with Gasteiger partial charge < -0.3 is 5.73 Å². The molecular weight excluding hydrogens is 288 g/mol. The summed E-state index contributed by atoms with van der Waals surface area (Å²) >= 11 is 5.95. The van der Waals surface area contributed by atoms with Gasteiger partial charge in [0.05, 0.1) is 12.1 Å². The lowest BCUT2D eigenvalue weighted by atomic mass is 9.97. The van der Waals surface area contributed by atoms with Crippen molar-refractivity contribution in [2.45, 2.75) is 13.3 Å². The number of nitrogens with zero attached hydrogens (tertiary/aromatic N) is 1. The molecule has 2 aromatic carbocycles. The molecule has 0 aromatic heterocycles. The van der Waals surface area contributed by atoms with Crippen LogP contribution in [0.3, 0.4) is 0 Å². The van der Waals surface area contributed by atoms with Crippen LogP contribution in [-0.2, 0) is 11.2 Å². The van der Waals surface area contributed by atoms with Gasteiger partial charge in [-0.15, -0.1) is 0 Å². The maximum absolute atomic E-state index is 12.6. The maximum atomic E-state index is 12.6. The fourth-order valence-corrected chi connectivity index (χ4v) is 2.72. The van der Waals surface area contributed by atoms with Gasteiger partial charge in [-0.05, 0) is 48.4 Å². The van der Waals surface area contributed by atoms with Crippen LogP contribution in [0.5, 0.6) is 0 Å². The lowest BCUT2D eigenvalue weighted by Crippen LogP contribution is -2.42. The molecule has 106 valence electrons. The van der Waals surface area contributed by atoms with E-state index in [0.717, 1.165) is 5.56 Å². The molecule has 0 unspecified atom stereocenters. The minimum atomic E-state index is -0.350. The lowest BCUT2D eigenvalue weighted by molar-refractivity contribution is -0.117. The number of fused-ring (bicyclic) bond motifs is 1. The van der Waals surface area contributed by atoms with Crippen LogP contribution < -0.4 is 10.6 Å². The van der Waals surface area contributed by atoms with Crippen LogP contribution in [0.15, 0.2) is 36.4 Å². The molecule has 21 heavy (non-hydrogen) atoms. The van der Waals surface area contributed by atoms with Gasteiger partial charge in [-0.3, -0.25) is 9.59 Å². The van der Waals surface area contributed by atoms with Crippen molar-refractivity contribution in [1.82, 2.24) is 0 Å². The highest BCUT2D eigenvalue weighted by molar-refractivity contribution is 6.32. The summed E-state index contributed by atoms with van der Waals surface area (Å²) in [6, 6.07) is 10.1. The Morgan fingerprint density at radius 1 is 1.14 bits per heavy atom. The van der Waals surface area contributed by atoms with Gasteiger partial charge in [0, 0.05) is 16.3 Å². The highest BCUT2D eigenvalue weighted by Gasteiger charge is 2.32. The van der Waals surface area contributed by atoms with E-state index >= 15 is 0 Å². The third-order valence-corrected chi connectivity index (χ3v) is 3.79. The van der Waals surface area contributed by atoms with Crippen LogP contribution in [0.2, 0.25) is 5.02 Å². The smallest absolute Gasteiger partial charge is 0.265 e. The monoisotopic (exact) mass is 300 g/mol. The Morgan fingerprint density at radius 2 is 1.90 bits per heavy atom. The minimum Gasteiger partial charge on any atom is -0.399 e. The Labute approximate surface area is 127 Å². The Hall–Kier alpha value is -2.33. The highest BCUT2D eigenvalue weighted by atomic mass is 35.5. The van der Waals surface area contributed by atoms with Crippen molar-refractivity contribution in [2.75, 3.05) is 10.6 Å². The van der Waals surface area contributed by atoms with E-state index in [1.807, 2.05) is 6.92 Å². The van der Waals surface area contributed by atoms with Crippen LogP contribution in [0, 0.1) is 6.92 Å². The van der Waals surface area contributed by atoms with Crippen molar-refractivity contribution in [2.24, 2.45) is 0 Å². The van der Waals surface area contributed by atoms with E-state index in [4.69, 9.17) is 17.3 Å². The largest absolute Gasteiger partial charge is 0.399 e. The molecule has 0 bridgehead atoms. The van der Waals surface area contributed by atoms with Gasteiger partial charge in [0.25, 0.3) is 5.91 Å². The molecule has 1 aliphatic heterocycles. The number of nitrogen functional groups attached to an aromatic ring is 1. The second kappa shape index (κ2) is 4.90. The molecule has 5 heteroatoms. The Balaban J connectivity index is 2.12. The summed E-state index contributed by atoms with van der Waals surface area (Å²) in [6.45, 7) is 1.82. The van der Waals surface area contributed by atoms with Crippen LogP contribution in [-0.4, -0.2) is 11.8 Å². The maximum Gasteiger partial charge on any atom is 0.265 e. The van der Waals surface area contributed by atoms with E-state index in [2.05, 4.69) is 0 Å². The summed E-state index contributed by atoms with van der Waals surface area (Å²) in [5, 5.41) is 0.477. The zero-order chi connectivity index (χ0) is 15.1. The van der Waals surface area contributed by atoms with Crippen LogP contribution in [0.1, 0.15) is 21.5 Å². The van der Waals surface area contributed by atoms with Crippen molar-refractivity contribution in [3.63, 3.8) is 0 Å². The van der Waals surface area contributed by atoms with E-state index < -0.39 is 0 Å². The van der Waals surface area contributed by atoms with Gasteiger partial charge in [-0.2, -0.15) is 0 Å². The van der Waals surface area contributed by atoms with Crippen molar-refractivity contribution in [3.8, 4) is 0 Å². The first-order chi connectivity index (χ1) is 9.97. The molecule has 0 saturated carbocycles. The first-order valence-electron chi connectivity index (χ1n) is 6.49. The molecule has 2 amide bonds. The number of rotatable bonds is 1. The van der Waals surface area contributed by atoms with Gasteiger partial charge in [-0.25, -0.2) is 4.90 Å². The Bertz CT molecular complexity index is 771. The molecular formula is C16H13ClN2O2. The molecule has 0 spiro atoms. The fraction of sp³-hybridized carbons (Fsp3) is 0.125. The lowest BCUT2D eigenvalue weighted by Gasteiger charge is -2.28. The molecule has 4 nitrogen and oxygen atoms in total. The minimum absolute atomic E-state index is 0.183. The van der Waals surface area contributed by atoms with Gasteiger partial charge in [-0.1, -0.05) is 17.7 Å². The summed E-state index contributed by atoms with van der Waals surface area (Å²) < 4.78 is 0. The predicted octanol–water partition coefficient (Wildman–Crippen LogP) is 2.96. The van der Waals surface area contributed by atoms with E-state index in [0.29, 0.717) is 27.5 Å². The number of aryl methyl sites for hydroxylation is 1. The normalized spacial score (nSPS) is 14.3. The summed E-state index contributed by atoms with van der Waals surface area (Å²) in [7, 11) is 0. The second-order valence-corrected chi connectivity index (χ2v) is 5.49.